The molecule has 0 radical (unpaired) electrons. The first-order chi connectivity index (χ1) is 8.68. The average molecular weight is 244 g/mol. The number of amides is 1. The fourth-order valence-corrected chi connectivity index (χ4v) is 2.27. The van der Waals surface area contributed by atoms with Crippen LogP contribution in [0.25, 0.3) is 0 Å². The number of carbonyl (C=O) groups excluding carboxylic acids is 1. The summed E-state index contributed by atoms with van der Waals surface area (Å²) in [4.78, 5) is 12.0. The van der Waals surface area contributed by atoms with Crippen molar-refractivity contribution < 1.29 is 4.79 Å². The summed E-state index contributed by atoms with van der Waals surface area (Å²) in [6.07, 6.45) is 6.87. The van der Waals surface area contributed by atoms with Gasteiger partial charge in [-0.1, -0.05) is 23.8 Å². The fraction of sp³-hybridized carbons (Fsp3) is 0.400. The molecule has 1 aliphatic carbocycles. The molecule has 0 unspecified atom stereocenters. The second-order valence-corrected chi connectivity index (χ2v) is 4.80. The number of rotatable bonds is 4. The SMILES string of the molecule is Cc1cccc(C(=O)NCCC2=CCCC2)c1N. The van der Waals surface area contributed by atoms with Gasteiger partial charge in [0.15, 0.2) is 0 Å². The van der Waals surface area contributed by atoms with Crippen LogP contribution >= 0.6 is 0 Å². The quantitative estimate of drug-likeness (QED) is 0.632. The van der Waals surface area contributed by atoms with Gasteiger partial charge in [0.05, 0.1) is 5.56 Å². The molecule has 0 saturated heterocycles. The third-order valence-corrected chi connectivity index (χ3v) is 3.44. The summed E-state index contributed by atoms with van der Waals surface area (Å²) < 4.78 is 0. The van der Waals surface area contributed by atoms with Crippen LogP contribution in [-0.4, -0.2) is 12.5 Å². The summed E-state index contributed by atoms with van der Waals surface area (Å²) in [5.74, 6) is -0.0743. The molecule has 18 heavy (non-hydrogen) atoms. The lowest BCUT2D eigenvalue weighted by atomic mass is 10.1. The molecule has 2 rings (SSSR count). The van der Waals surface area contributed by atoms with Gasteiger partial charge >= 0.3 is 0 Å². The van der Waals surface area contributed by atoms with Gasteiger partial charge in [-0.25, -0.2) is 0 Å². The van der Waals surface area contributed by atoms with Gasteiger partial charge < -0.3 is 11.1 Å². The molecule has 3 nitrogen and oxygen atoms in total. The number of aryl methyl sites for hydroxylation is 1. The summed E-state index contributed by atoms with van der Waals surface area (Å²) in [6.45, 7) is 2.60. The van der Waals surface area contributed by atoms with E-state index in [4.69, 9.17) is 5.73 Å². The van der Waals surface area contributed by atoms with E-state index < -0.39 is 0 Å². The van der Waals surface area contributed by atoms with Gasteiger partial charge in [-0.2, -0.15) is 0 Å². The van der Waals surface area contributed by atoms with Gasteiger partial charge in [-0.3, -0.25) is 4.79 Å². The highest BCUT2D eigenvalue weighted by molar-refractivity contribution is 5.99. The Labute approximate surface area is 108 Å². The minimum atomic E-state index is -0.0743. The van der Waals surface area contributed by atoms with E-state index in [1.807, 2.05) is 19.1 Å². The van der Waals surface area contributed by atoms with E-state index in [0.29, 0.717) is 17.8 Å². The molecule has 0 spiro atoms. The average Bonchev–Trinajstić information content (AvgIpc) is 2.85. The van der Waals surface area contributed by atoms with Crippen molar-refractivity contribution in [3.8, 4) is 0 Å². The molecule has 1 amide bonds. The van der Waals surface area contributed by atoms with Crippen LogP contribution in [0.5, 0.6) is 0 Å². The van der Waals surface area contributed by atoms with Gasteiger partial charge in [-0.05, 0) is 44.2 Å². The first-order valence-electron chi connectivity index (χ1n) is 6.49. The first-order valence-corrected chi connectivity index (χ1v) is 6.49. The monoisotopic (exact) mass is 244 g/mol. The highest BCUT2D eigenvalue weighted by Gasteiger charge is 2.11. The van der Waals surface area contributed by atoms with Crippen LogP contribution in [0.1, 0.15) is 41.6 Å². The zero-order valence-corrected chi connectivity index (χ0v) is 10.8. The summed E-state index contributed by atoms with van der Waals surface area (Å²) in [5, 5.41) is 2.93. The Bertz CT molecular complexity index is 477. The maximum Gasteiger partial charge on any atom is 0.253 e. The highest BCUT2D eigenvalue weighted by atomic mass is 16.1. The molecule has 0 saturated carbocycles. The molecule has 0 atom stereocenters. The lowest BCUT2D eigenvalue weighted by Crippen LogP contribution is -2.25. The number of nitrogens with two attached hydrogens (primary N) is 1. The van der Waals surface area contributed by atoms with E-state index >= 15 is 0 Å². The van der Waals surface area contributed by atoms with Gasteiger partial charge in [0.2, 0.25) is 0 Å². The van der Waals surface area contributed by atoms with E-state index in [1.165, 1.54) is 24.8 Å². The number of nitrogens with one attached hydrogen (secondary N) is 1. The minimum absolute atomic E-state index is 0.0743. The van der Waals surface area contributed by atoms with Crippen molar-refractivity contribution in [3.63, 3.8) is 0 Å². The van der Waals surface area contributed by atoms with Crippen LogP contribution < -0.4 is 11.1 Å². The number of nitrogen functional groups attached to an aromatic ring is 1. The molecule has 3 N–H and O–H groups in total. The van der Waals surface area contributed by atoms with Gasteiger partial charge in [0, 0.05) is 12.2 Å². The maximum atomic E-state index is 12.0. The molecular weight excluding hydrogens is 224 g/mol. The lowest BCUT2D eigenvalue weighted by molar-refractivity contribution is 0.0955. The molecule has 3 heteroatoms. The van der Waals surface area contributed by atoms with Crippen molar-refractivity contribution in [3.05, 3.63) is 41.0 Å². The first kappa shape index (κ1) is 12.7. The van der Waals surface area contributed by atoms with E-state index in [1.54, 1.807) is 6.07 Å². The summed E-state index contributed by atoms with van der Waals surface area (Å²) >= 11 is 0. The standard InChI is InChI=1S/C15H20N2O/c1-11-5-4-8-13(14(11)16)15(18)17-10-9-12-6-2-3-7-12/h4-6,8H,2-3,7,9-10,16H2,1H3,(H,17,18). The second-order valence-electron chi connectivity index (χ2n) is 4.80. The van der Waals surface area contributed by atoms with Gasteiger partial charge in [-0.15, -0.1) is 0 Å². The summed E-state index contributed by atoms with van der Waals surface area (Å²) in [6, 6.07) is 5.54. The summed E-state index contributed by atoms with van der Waals surface area (Å²) in [5.41, 5.74) is 9.47. The Hall–Kier alpha value is -1.77. The van der Waals surface area contributed by atoms with Crippen LogP contribution in [0.3, 0.4) is 0 Å². The van der Waals surface area contributed by atoms with E-state index in [2.05, 4.69) is 11.4 Å². The van der Waals surface area contributed by atoms with E-state index in [-0.39, 0.29) is 5.91 Å². The van der Waals surface area contributed by atoms with Crippen molar-refractivity contribution in [1.29, 1.82) is 0 Å². The number of para-hydroxylation sites is 1. The van der Waals surface area contributed by atoms with Crippen molar-refractivity contribution in [2.24, 2.45) is 0 Å². The predicted octanol–water partition coefficient (Wildman–Crippen LogP) is 2.81. The Balaban J connectivity index is 1.89. The molecule has 0 aromatic heterocycles. The van der Waals surface area contributed by atoms with Gasteiger partial charge in [0.1, 0.15) is 0 Å². The number of hydrogen-bond donors (Lipinski definition) is 2. The molecule has 96 valence electrons. The van der Waals surface area contributed by atoms with Crippen LogP contribution in [0.15, 0.2) is 29.8 Å². The molecule has 0 aliphatic heterocycles. The number of allylic oxidation sites excluding steroid dienone is 1. The third-order valence-electron chi connectivity index (χ3n) is 3.44. The van der Waals surface area contributed by atoms with Crippen LogP contribution in [0, 0.1) is 6.92 Å². The largest absolute Gasteiger partial charge is 0.398 e. The van der Waals surface area contributed by atoms with Crippen molar-refractivity contribution in [1.82, 2.24) is 5.32 Å². The summed E-state index contributed by atoms with van der Waals surface area (Å²) in [7, 11) is 0. The minimum Gasteiger partial charge on any atom is -0.398 e. The van der Waals surface area contributed by atoms with E-state index in [9.17, 15) is 4.79 Å². The zero-order valence-electron chi connectivity index (χ0n) is 10.8. The molecular formula is C15H20N2O. The van der Waals surface area contributed by atoms with Crippen molar-refractivity contribution in [2.75, 3.05) is 12.3 Å². The molecule has 1 aliphatic rings. The molecule has 0 fully saturated rings. The van der Waals surface area contributed by atoms with Crippen molar-refractivity contribution in [2.45, 2.75) is 32.6 Å². The number of hydrogen-bond acceptors (Lipinski definition) is 2. The number of carbonyl (C=O) groups is 1. The van der Waals surface area contributed by atoms with Gasteiger partial charge in [0.25, 0.3) is 5.91 Å². The normalized spacial score (nSPS) is 14.4. The lowest BCUT2D eigenvalue weighted by Gasteiger charge is -2.09. The smallest absolute Gasteiger partial charge is 0.253 e. The Morgan fingerprint density at radius 2 is 2.28 bits per heavy atom. The fourth-order valence-electron chi connectivity index (χ4n) is 2.27. The Morgan fingerprint density at radius 1 is 1.44 bits per heavy atom. The molecule has 1 aromatic rings. The molecule has 0 bridgehead atoms. The number of anilines is 1. The second kappa shape index (κ2) is 5.71. The molecule has 0 heterocycles. The molecule has 1 aromatic carbocycles. The topological polar surface area (TPSA) is 55.1 Å². The van der Waals surface area contributed by atoms with Crippen molar-refractivity contribution >= 4 is 11.6 Å². The van der Waals surface area contributed by atoms with Crippen LogP contribution in [0.4, 0.5) is 5.69 Å². The van der Waals surface area contributed by atoms with Crippen LogP contribution in [0.2, 0.25) is 0 Å². The Kier molecular flexibility index (Phi) is 4.03. The zero-order chi connectivity index (χ0) is 13.0. The predicted molar refractivity (Wildman–Crippen MR) is 74.5 cm³/mol. The maximum absolute atomic E-state index is 12.0. The van der Waals surface area contributed by atoms with Crippen LogP contribution in [-0.2, 0) is 0 Å². The Morgan fingerprint density at radius 3 is 3.00 bits per heavy atom. The van der Waals surface area contributed by atoms with E-state index in [0.717, 1.165) is 12.0 Å². The highest BCUT2D eigenvalue weighted by Crippen LogP contribution is 2.20. The third kappa shape index (κ3) is 2.92. The number of benzene rings is 1.